The zero-order valence-corrected chi connectivity index (χ0v) is 7.02. The Balaban J connectivity index is 3.48. The summed E-state index contributed by atoms with van der Waals surface area (Å²) in [6.07, 6.45) is 1.82. The first-order chi connectivity index (χ1) is 4.45. The molecule has 0 radical (unpaired) electrons. The molecule has 2 heteroatoms. The Morgan fingerprint density at radius 3 is 2.40 bits per heavy atom. The highest BCUT2D eigenvalue weighted by molar-refractivity contribution is 4.82. The van der Waals surface area contributed by atoms with Gasteiger partial charge in [-0.05, 0) is 33.6 Å². The van der Waals surface area contributed by atoms with Crippen molar-refractivity contribution in [2.24, 2.45) is 11.7 Å². The zero-order valence-electron chi connectivity index (χ0n) is 7.02. The van der Waals surface area contributed by atoms with E-state index in [1.165, 1.54) is 0 Å². The second-order valence-corrected chi connectivity index (χ2v) is 3.56. The van der Waals surface area contributed by atoms with Gasteiger partial charge in [-0.1, -0.05) is 0 Å². The minimum atomic E-state index is -0.120. The zero-order chi connectivity index (χ0) is 8.20. The summed E-state index contributed by atoms with van der Waals surface area (Å²) in [6.45, 7) is 5.89. The predicted octanol–water partition coefficient (Wildman–Crippen LogP) is 1.66. The van der Waals surface area contributed by atoms with Crippen LogP contribution < -0.4 is 5.73 Å². The maximum Gasteiger partial charge on any atom is 0.0652 e. The van der Waals surface area contributed by atoms with Gasteiger partial charge in [-0.2, -0.15) is 5.26 Å². The molecule has 58 valence electrons. The molecule has 0 aliphatic heterocycles. The highest BCUT2D eigenvalue weighted by atomic mass is 14.7. The number of hydrogen-bond acceptors (Lipinski definition) is 2. The summed E-state index contributed by atoms with van der Waals surface area (Å²) >= 11 is 0. The van der Waals surface area contributed by atoms with Crippen LogP contribution in [0.3, 0.4) is 0 Å². The number of nitrogens with two attached hydrogens (primary N) is 1. The Morgan fingerprint density at radius 1 is 1.60 bits per heavy atom. The van der Waals surface area contributed by atoms with Crippen LogP contribution in [0.4, 0.5) is 0 Å². The molecule has 0 heterocycles. The van der Waals surface area contributed by atoms with Crippen molar-refractivity contribution in [2.75, 3.05) is 0 Å². The van der Waals surface area contributed by atoms with E-state index in [-0.39, 0.29) is 11.5 Å². The summed E-state index contributed by atoms with van der Waals surface area (Å²) in [4.78, 5) is 0. The molecule has 10 heavy (non-hydrogen) atoms. The minimum Gasteiger partial charge on any atom is -0.326 e. The smallest absolute Gasteiger partial charge is 0.0652 e. The topological polar surface area (TPSA) is 49.8 Å². The summed E-state index contributed by atoms with van der Waals surface area (Å²) in [5.74, 6) is 0.142. The standard InChI is InChI=1S/C8H16N2/c1-7(6-9)4-5-8(2,3)10/h7H,4-5,10H2,1-3H3. The molecule has 1 atom stereocenters. The summed E-state index contributed by atoms with van der Waals surface area (Å²) in [7, 11) is 0. The Morgan fingerprint density at radius 2 is 2.10 bits per heavy atom. The first-order valence-electron chi connectivity index (χ1n) is 3.64. The number of nitriles is 1. The Hall–Kier alpha value is -0.550. The van der Waals surface area contributed by atoms with Crippen LogP contribution in [0.15, 0.2) is 0 Å². The second-order valence-electron chi connectivity index (χ2n) is 3.56. The van der Waals surface area contributed by atoms with Gasteiger partial charge in [0.05, 0.1) is 6.07 Å². The maximum atomic E-state index is 8.44. The van der Waals surface area contributed by atoms with Crippen molar-refractivity contribution in [1.82, 2.24) is 0 Å². The quantitative estimate of drug-likeness (QED) is 0.648. The van der Waals surface area contributed by atoms with Gasteiger partial charge in [-0.25, -0.2) is 0 Å². The van der Waals surface area contributed by atoms with Gasteiger partial charge in [-0.15, -0.1) is 0 Å². The largest absolute Gasteiger partial charge is 0.326 e. The van der Waals surface area contributed by atoms with Crippen LogP contribution in [0.25, 0.3) is 0 Å². The number of hydrogen-bond donors (Lipinski definition) is 1. The van der Waals surface area contributed by atoms with Crippen molar-refractivity contribution in [3.05, 3.63) is 0 Å². The summed E-state index contributed by atoms with van der Waals surface area (Å²) in [5, 5.41) is 8.44. The fourth-order valence-electron chi connectivity index (χ4n) is 0.653. The lowest BCUT2D eigenvalue weighted by molar-refractivity contribution is 0.432. The van der Waals surface area contributed by atoms with Crippen LogP contribution in [0, 0.1) is 17.2 Å². The molecular formula is C8H16N2. The highest BCUT2D eigenvalue weighted by Gasteiger charge is 2.11. The summed E-state index contributed by atoms with van der Waals surface area (Å²) in [6, 6.07) is 2.18. The van der Waals surface area contributed by atoms with Crippen molar-refractivity contribution in [3.63, 3.8) is 0 Å². The molecule has 0 aliphatic rings. The molecule has 2 N–H and O–H groups in total. The van der Waals surface area contributed by atoms with Crippen molar-refractivity contribution < 1.29 is 0 Å². The SMILES string of the molecule is CC(C#N)CCC(C)(C)N. The summed E-state index contributed by atoms with van der Waals surface area (Å²) < 4.78 is 0. The fourth-order valence-corrected chi connectivity index (χ4v) is 0.653. The van der Waals surface area contributed by atoms with Gasteiger partial charge >= 0.3 is 0 Å². The molecule has 1 unspecified atom stereocenters. The van der Waals surface area contributed by atoms with Gasteiger partial charge < -0.3 is 5.73 Å². The molecule has 0 saturated heterocycles. The molecule has 2 nitrogen and oxygen atoms in total. The van der Waals surface area contributed by atoms with Crippen molar-refractivity contribution in [3.8, 4) is 6.07 Å². The molecule has 0 fully saturated rings. The van der Waals surface area contributed by atoms with Crippen molar-refractivity contribution >= 4 is 0 Å². The molecule has 0 amide bonds. The van der Waals surface area contributed by atoms with E-state index in [1.54, 1.807) is 0 Å². The van der Waals surface area contributed by atoms with E-state index in [4.69, 9.17) is 11.0 Å². The monoisotopic (exact) mass is 140 g/mol. The summed E-state index contributed by atoms with van der Waals surface area (Å²) in [5.41, 5.74) is 5.61. The number of rotatable bonds is 3. The van der Waals surface area contributed by atoms with E-state index in [0.29, 0.717) is 0 Å². The molecule has 0 saturated carbocycles. The van der Waals surface area contributed by atoms with Crippen molar-refractivity contribution in [1.29, 1.82) is 5.26 Å². The minimum absolute atomic E-state index is 0.120. The van der Waals surface area contributed by atoms with E-state index in [2.05, 4.69) is 6.07 Å². The molecule has 0 aromatic carbocycles. The predicted molar refractivity (Wildman–Crippen MR) is 42.3 cm³/mol. The van der Waals surface area contributed by atoms with Crippen LogP contribution in [0.1, 0.15) is 33.6 Å². The lowest BCUT2D eigenvalue weighted by atomic mass is 9.95. The van der Waals surface area contributed by atoms with Crippen LogP contribution in [0.5, 0.6) is 0 Å². The molecule has 0 spiro atoms. The molecule has 0 aromatic heterocycles. The second kappa shape index (κ2) is 3.58. The molecule has 0 aliphatic carbocycles. The molecular weight excluding hydrogens is 124 g/mol. The molecule has 0 bridgehead atoms. The third-order valence-electron chi connectivity index (χ3n) is 1.44. The Kier molecular flexibility index (Phi) is 3.38. The van der Waals surface area contributed by atoms with E-state index >= 15 is 0 Å². The lowest BCUT2D eigenvalue weighted by Crippen LogP contribution is -2.31. The average molecular weight is 140 g/mol. The van der Waals surface area contributed by atoms with E-state index < -0.39 is 0 Å². The highest BCUT2D eigenvalue weighted by Crippen LogP contribution is 2.12. The number of nitrogens with zero attached hydrogens (tertiary/aromatic N) is 1. The van der Waals surface area contributed by atoms with Crippen LogP contribution in [-0.4, -0.2) is 5.54 Å². The van der Waals surface area contributed by atoms with E-state index in [0.717, 1.165) is 12.8 Å². The van der Waals surface area contributed by atoms with Gasteiger partial charge in [0.25, 0.3) is 0 Å². The van der Waals surface area contributed by atoms with Gasteiger partial charge in [0.15, 0.2) is 0 Å². The van der Waals surface area contributed by atoms with Crippen molar-refractivity contribution in [2.45, 2.75) is 39.2 Å². The fraction of sp³-hybridized carbons (Fsp3) is 0.875. The van der Waals surface area contributed by atoms with Gasteiger partial charge in [0, 0.05) is 11.5 Å². The maximum absolute atomic E-state index is 8.44. The Labute approximate surface area is 63.0 Å². The normalized spacial score (nSPS) is 14.3. The van der Waals surface area contributed by atoms with Crippen LogP contribution in [-0.2, 0) is 0 Å². The van der Waals surface area contributed by atoms with Gasteiger partial charge in [0.2, 0.25) is 0 Å². The van der Waals surface area contributed by atoms with Gasteiger partial charge in [0.1, 0.15) is 0 Å². The third-order valence-corrected chi connectivity index (χ3v) is 1.44. The lowest BCUT2D eigenvalue weighted by Gasteiger charge is -2.18. The Bertz CT molecular complexity index is 127. The first kappa shape index (κ1) is 9.45. The third kappa shape index (κ3) is 5.58. The molecule has 0 rings (SSSR count). The first-order valence-corrected chi connectivity index (χ1v) is 3.64. The van der Waals surface area contributed by atoms with E-state index in [9.17, 15) is 0 Å². The molecule has 0 aromatic rings. The average Bonchev–Trinajstić information content (AvgIpc) is 1.81. The van der Waals surface area contributed by atoms with E-state index in [1.807, 2.05) is 20.8 Å². The van der Waals surface area contributed by atoms with Gasteiger partial charge in [-0.3, -0.25) is 0 Å². The van der Waals surface area contributed by atoms with Crippen LogP contribution in [0.2, 0.25) is 0 Å². The van der Waals surface area contributed by atoms with Crippen LogP contribution >= 0.6 is 0 Å².